The molecule has 0 heterocycles. The minimum absolute atomic E-state index is 0.309. The first-order valence-corrected chi connectivity index (χ1v) is 5.15. The van der Waals surface area contributed by atoms with Crippen LogP contribution in [0.15, 0.2) is 42.5 Å². The van der Waals surface area contributed by atoms with Gasteiger partial charge in [0.25, 0.3) is 0 Å². The number of hydrogen-bond donors (Lipinski definition) is 1. The van der Waals surface area contributed by atoms with Gasteiger partial charge in [-0.15, -0.1) is 0 Å². The summed E-state index contributed by atoms with van der Waals surface area (Å²) in [4.78, 5) is 0. The highest BCUT2D eigenvalue weighted by molar-refractivity contribution is 5.71. The molecule has 0 amide bonds. The average Bonchev–Trinajstić information content (AvgIpc) is 2.32. The quantitative estimate of drug-likeness (QED) is 0.830. The van der Waals surface area contributed by atoms with Crippen LogP contribution in [0, 0.1) is 6.92 Å². The molecule has 2 nitrogen and oxygen atoms in total. The number of hydrogen-bond acceptors (Lipinski definition) is 2. The zero-order valence-electron chi connectivity index (χ0n) is 9.40. The predicted molar refractivity (Wildman–Crippen MR) is 64.8 cm³/mol. The molecule has 16 heavy (non-hydrogen) atoms. The van der Waals surface area contributed by atoms with Crippen molar-refractivity contribution in [3.8, 4) is 22.6 Å². The lowest BCUT2D eigenvalue weighted by molar-refractivity contribution is 0.416. The molecule has 0 aromatic heterocycles. The van der Waals surface area contributed by atoms with E-state index in [1.54, 1.807) is 13.2 Å². The van der Waals surface area contributed by atoms with Crippen molar-refractivity contribution in [3.63, 3.8) is 0 Å². The molecule has 0 aliphatic rings. The molecule has 2 aromatic carbocycles. The molecule has 0 fully saturated rings. The van der Waals surface area contributed by atoms with E-state index in [2.05, 4.69) is 0 Å². The predicted octanol–water partition coefficient (Wildman–Crippen LogP) is 3.38. The molecule has 0 aliphatic carbocycles. The molecular weight excluding hydrogens is 200 g/mol. The Kier molecular flexibility index (Phi) is 2.82. The molecule has 0 atom stereocenters. The van der Waals surface area contributed by atoms with E-state index in [1.807, 2.05) is 43.3 Å². The van der Waals surface area contributed by atoms with Gasteiger partial charge >= 0.3 is 0 Å². The van der Waals surface area contributed by atoms with E-state index in [-0.39, 0.29) is 0 Å². The summed E-state index contributed by atoms with van der Waals surface area (Å²) in [5, 5.41) is 9.68. The number of rotatable bonds is 2. The van der Waals surface area contributed by atoms with Gasteiger partial charge in [-0.3, -0.25) is 0 Å². The Morgan fingerprint density at radius 3 is 2.50 bits per heavy atom. The van der Waals surface area contributed by atoms with E-state index in [9.17, 15) is 5.11 Å². The maximum absolute atomic E-state index is 9.68. The second kappa shape index (κ2) is 4.27. The van der Waals surface area contributed by atoms with Gasteiger partial charge in [0.2, 0.25) is 0 Å². The van der Waals surface area contributed by atoms with Crippen molar-refractivity contribution in [1.29, 1.82) is 0 Å². The van der Waals surface area contributed by atoms with E-state index >= 15 is 0 Å². The molecule has 0 spiro atoms. The zero-order valence-corrected chi connectivity index (χ0v) is 9.40. The van der Waals surface area contributed by atoms with Crippen molar-refractivity contribution >= 4 is 0 Å². The molecule has 2 rings (SSSR count). The van der Waals surface area contributed by atoms with Gasteiger partial charge in [0, 0.05) is 5.56 Å². The Morgan fingerprint density at radius 2 is 1.81 bits per heavy atom. The fraction of sp³-hybridized carbons (Fsp3) is 0.143. The highest BCUT2D eigenvalue weighted by Crippen LogP contribution is 2.32. The summed E-state index contributed by atoms with van der Waals surface area (Å²) in [7, 11) is 1.65. The van der Waals surface area contributed by atoms with Crippen LogP contribution in [0.25, 0.3) is 11.1 Å². The number of phenols is 1. The Hall–Kier alpha value is -1.96. The van der Waals surface area contributed by atoms with E-state index < -0.39 is 0 Å². The highest BCUT2D eigenvalue weighted by atomic mass is 16.5. The topological polar surface area (TPSA) is 29.5 Å². The molecule has 2 aromatic rings. The summed E-state index contributed by atoms with van der Waals surface area (Å²) in [5.74, 6) is 1.12. The molecule has 0 saturated heterocycles. The molecule has 0 aliphatic heterocycles. The summed E-state index contributed by atoms with van der Waals surface area (Å²) < 4.78 is 5.29. The molecule has 0 saturated carbocycles. The first kappa shape index (κ1) is 10.6. The monoisotopic (exact) mass is 214 g/mol. The summed E-state index contributed by atoms with van der Waals surface area (Å²) >= 11 is 0. The maximum Gasteiger partial charge on any atom is 0.126 e. The normalized spacial score (nSPS) is 10.1. The van der Waals surface area contributed by atoms with Crippen LogP contribution in [0.3, 0.4) is 0 Å². The number of methoxy groups -OCH3 is 1. The first-order valence-electron chi connectivity index (χ1n) is 5.15. The van der Waals surface area contributed by atoms with Crippen molar-refractivity contribution in [3.05, 3.63) is 48.0 Å². The van der Waals surface area contributed by atoms with Gasteiger partial charge in [-0.1, -0.05) is 30.3 Å². The molecule has 1 N–H and O–H groups in total. The minimum atomic E-state index is 0.309. The second-order valence-corrected chi connectivity index (χ2v) is 3.70. The molecule has 82 valence electrons. The van der Waals surface area contributed by atoms with Crippen molar-refractivity contribution in [2.24, 2.45) is 0 Å². The Bertz CT molecular complexity index is 504. The van der Waals surface area contributed by atoms with Crippen LogP contribution >= 0.6 is 0 Å². The SMILES string of the molecule is COc1ccccc1-c1ccc(C)c(O)c1. The number of aromatic hydroxyl groups is 1. The van der Waals surface area contributed by atoms with Gasteiger partial charge in [0.05, 0.1) is 7.11 Å². The lowest BCUT2D eigenvalue weighted by Gasteiger charge is -2.09. The average molecular weight is 214 g/mol. The van der Waals surface area contributed by atoms with E-state index in [0.29, 0.717) is 5.75 Å². The van der Waals surface area contributed by atoms with Crippen molar-refractivity contribution < 1.29 is 9.84 Å². The standard InChI is InChI=1S/C14H14O2/c1-10-7-8-11(9-13(10)15)12-5-3-4-6-14(12)16-2/h3-9,15H,1-2H3. The second-order valence-electron chi connectivity index (χ2n) is 3.70. The largest absolute Gasteiger partial charge is 0.508 e. The number of ether oxygens (including phenoxy) is 1. The Morgan fingerprint density at radius 1 is 1.06 bits per heavy atom. The van der Waals surface area contributed by atoms with Crippen LogP contribution in [0.5, 0.6) is 11.5 Å². The third kappa shape index (κ3) is 1.87. The van der Waals surface area contributed by atoms with Gasteiger partial charge in [-0.05, 0) is 30.2 Å². The minimum Gasteiger partial charge on any atom is -0.508 e. The summed E-state index contributed by atoms with van der Waals surface area (Å²) in [5.41, 5.74) is 2.82. The van der Waals surface area contributed by atoms with E-state index in [4.69, 9.17) is 4.74 Å². The Labute approximate surface area is 95.1 Å². The fourth-order valence-electron chi connectivity index (χ4n) is 1.66. The van der Waals surface area contributed by atoms with Gasteiger partial charge in [0.1, 0.15) is 11.5 Å². The zero-order chi connectivity index (χ0) is 11.5. The maximum atomic E-state index is 9.68. The first-order chi connectivity index (χ1) is 7.72. The van der Waals surface area contributed by atoms with Gasteiger partial charge in [0.15, 0.2) is 0 Å². The fourth-order valence-corrected chi connectivity index (χ4v) is 1.66. The number of para-hydroxylation sites is 1. The van der Waals surface area contributed by atoms with Gasteiger partial charge in [-0.25, -0.2) is 0 Å². The lowest BCUT2D eigenvalue weighted by atomic mass is 10.0. The summed E-state index contributed by atoms with van der Waals surface area (Å²) in [6.07, 6.45) is 0. The van der Waals surface area contributed by atoms with Crippen LogP contribution in [-0.2, 0) is 0 Å². The van der Waals surface area contributed by atoms with Crippen LogP contribution in [0.1, 0.15) is 5.56 Å². The van der Waals surface area contributed by atoms with Crippen molar-refractivity contribution in [2.75, 3.05) is 7.11 Å². The summed E-state index contributed by atoms with van der Waals surface area (Å²) in [6.45, 7) is 1.88. The van der Waals surface area contributed by atoms with Crippen LogP contribution in [0.4, 0.5) is 0 Å². The molecular formula is C14H14O2. The molecule has 0 unspecified atom stereocenters. The molecule has 0 radical (unpaired) electrons. The van der Waals surface area contributed by atoms with E-state index in [1.165, 1.54) is 0 Å². The number of phenolic OH excluding ortho intramolecular Hbond substituents is 1. The van der Waals surface area contributed by atoms with Gasteiger partial charge in [-0.2, -0.15) is 0 Å². The molecule has 0 bridgehead atoms. The van der Waals surface area contributed by atoms with Crippen LogP contribution in [0.2, 0.25) is 0 Å². The smallest absolute Gasteiger partial charge is 0.126 e. The van der Waals surface area contributed by atoms with Gasteiger partial charge < -0.3 is 9.84 Å². The summed E-state index contributed by atoms with van der Waals surface area (Å²) in [6, 6.07) is 13.4. The third-order valence-electron chi connectivity index (χ3n) is 2.63. The highest BCUT2D eigenvalue weighted by Gasteiger charge is 2.06. The Balaban J connectivity index is 2.54. The third-order valence-corrected chi connectivity index (χ3v) is 2.63. The number of benzene rings is 2. The lowest BCUT2D eigenvalue weighted by Crippen LogP contribution is -1.87. The van der Waals surface area contributed by atoms with Crippen LogP contribution < -0.4 is 4.74 Å². The van der Waals surface area contributed by atoms with E-state index in [0.717, 1.165) is 22.4 Å². The number of aryl methyl sites for hydroxylation is 1. The van der Waals surface area contributed by atoms with Crippen LogP contribution in [-0.4, -0.2) is 12.2 Å². The molecule has 2 heteroatoms. The van der Waals surface area contributed by atoms with Crippen molar-refractivity contribution in [2.45, 2.75) is 6.92 Å². The van der Waals surface area contributed by atoms with Crippen molar-refractivity contribution in [1.82, 2.24) is 0 Å².